The molecule has 0 bridgehead atoms. The summed E-state index contributed by atoms with van der Waals surface area (Å²) in [5, 5.41) is 0. The van der Waals surface area contributed by atoms with Gasteiger partial charge in [-0.25, -0.2) is 4.79 Å². The van der Waals surface area contributed by atoms with Gasteiger partial charge in [-0.15, -0.1) is 0 Å². The van der Waals surface area contributed by atoms with Crippen molar-refractivity contribution in [2.24, 2.45) is 0 Å². The molecular weight excluding hydrogens is 328 g/mol. The average molecular weight is 344 g/mol. The lowest BCUT2D eigenvalue weighted by Gasteiger charge is -2.15. The molecule has 1 aromatic carbocycles. The van der Waals surface area contributed by atoms with E-state index in [4.69, 9.17) is 0 Å². The minimum atomic E-state index is -0.568. The molecule has 128 valence electrons. The van der Waals surface area contributed by atoms with Crippen LogP contribution in [0.15, 0.2) is 82.6 Å². The fourth-order valence-corrected chi connectivity index (χ4v) is 2.92. The van der Waals surface area contributed by atoms with E-state index in [1.807, 2.05) is 47.2 Å². The quantitative estimate of drug-likeness (QED) is 0.568. The summed E-state index contributed by atoms with van der Waals surface area (Å²) in [6, 6.07) is 18.7. The third kappa shape index (κ3) is 3.04. The van der Waals surface area contributed by atoms with Gasteiger partial charge in [0.05, 0.1) is 17.8 Å². The highest BCUT2D eigenvalue weighted by molar-refractivity contribution is 5.54. The Bertz CT molecular complexity index is 1120. The van der Waals surface area contributed by atoms with E-state index in [2.05, 4.69) is 9.97 Å². The Kier molecular flexibility index (Phi) is 4.15. The molecule has 0 radical (unpaired) electrons. The molecule has 2 aliphatic rings. The van der Waals surface area contributed by atoms with Crippen molar-refractivity contribution in [2.75, 3.05) is 0 Å². The number of hydrogen-bond acceptors (Lipinski definition) is 4. The first-order chi connectivity index (χ1) is 12.7. The Morgan fingerprint density at radius 2 is 1.65 bits per heavy atom. The fourth-order valence-electron chi connectivity index (χ4n) is 2.92. The second-order valence-electron chi connectivity index (χ2n) is 5.97. The predicted molar refractivity (Wildman–Crippen MR) is 98.3 cm³/mol. The third-order valence-electron chi connectivity index (χ3n) is 4.19. The van der Waals surface area contributed by atoms with Crippen molar-refractivity contribution in [3.63, 3.8) is 0 Å². The molecule has 0 spiro atoms. The Balaban J connectivity index is 1.80. The summed E-state index contributed by atoms with van der Waals surface area (Å²) in [7, 11) is 0. The van der Waals surface area contributed by atoms with Crippen molar-refractivity contribution < 1.29 is 0 Å². The molecular formula is C20H16N4O2. The van der Waals surface area contributed by atoms with Gasteiger partial charge in [0.1, 0.15) is 0 Å². The number of hydrogen-bond donors (Lipinski definition) is 0. The van der Waals surface area contributed by atoms with Crippen LogP contribution in [0, 0.1) is 0 Å². The minimum absolute atomic E-state index is 0.106. The number of aromatic nitrogens is 4. The highest BCUT2D eigenvalue weighted by Crippen LogP contribution is 2.15. The van der Waals surface area contributed by atoms with Crippen LogP contribution >= 0.6 is 0 Å². The first kappa shape index (κ1) is 16.0. The number of pyridine rings is 2. The van der Waals surface area contributed by atoms with Gasteiger partial charge in [-0.1, -0.05) is 36.4 Å². The second-order valence-corrected chi connectivity index (χ2v) is 5.97. The molecule has 3 heterocycles. The van der Waals surface area contributed by atoms with Crippen molar-refractivity contribution in [2.45, 2.75) is 13.1 Å². The topological polar surface area (TPSA) is 69.8 Å². The highest BCUT2D eigenvalue weighted by Gasteiger charge is 2.17. The Labute approximate surface area is 149 Å². The van der Waals surface area contributed by atoms with Crippen LogP contribution < -0.4 is 11.2 Å². The first-order valence-corrected chi connectivity index (χ1v) is 8.26. The van der Waals surface area contributed by atoms with E-state index in [1.54, 1.807) is 30.5 Å². The van der Waals surface area contributed by atoms with Crippen LogP contribution in [0.5, 0.6) is 0 Å². The molecule has 0 aliphatic carbocycles. The molecule has 0 atom stereocenters. The van der Waals surface area contributed by atoms with Crippen molar-refractivity contribution >= 4 is 0 Å². The molecule has 2 aromatic rings. The summed E-state index contributed by atoms with van der Waals surface area (Å²) in [6.07, 6.45) is 3.46. The lowest BCUT2D eigenvalue weighted by Crippen LogP contribution is -2.38. The van der Waals surface area contributed by atoms with Crippen molar-refractivity contribution in [3.05, 3.63) is 105 Å². The Hall–Kier alpha value is -3.54. The summed E-state index contributed by atoms with van der Waals surface area (Å²) in [5.41, 5.74) is 1.20. The molecule has 6 heteroatoms. The number of rotatable bonds is 4. The standard InChI is InChI=1S/C20H16N4O2/c25-19-17-10-6-12-23(13-15-7-2-1-3-8-15)18(17)22-20(26)24(19)14-16-9-4-5-11-21-16/h1-12H,13-14H2. The van der Waals surface area contributed by atoms with Crippen LogP contribution in [-0.4, -0.2) is 19.1 Å². The van der Waals surface area contributed by atoms with Crippen LogP contribution in [0.4, 0.5) is 0 Å². The van der Waals surface area contributed by atoms with E-state index in [9.17, 15) is 9.59 Å². The van der Waals surface area contributed by atoms with E-state index >= 15 is 0 Å². The number of benzene rings is 1. The molecule has 0 saturated heterocycles. The number of fused-ring (bicyclic) bond motifs is 1. The predicted octanol–water partition coefficient (Wildman–Crippen LogP) is 2.00. The van der Waals surface area contributed by atoms with E-state index < -0.39 is 5.69 Å². The van der Waals surface area contributed by atoms with Gasteiger partial charge in [0, 0.05) is 18.9 Å². The largest absolute Gasteiger partial charge is 0.352 e. The van der Waals surface area contributed by atoms with Gasteiger partial charge < -0.3 is 4.57 Å². The summed E-state index contributed by atoms with van der Waals surface area (Å²) >= 11 is 0. The van der Waals surface area contributed by atoms with Gasteiger partial charge in [0.25, 0.3) is 5.56 Å². The SMILES string of the molecule is O=c1nc2n(Cc3ccccc3)cccc-2c(=O)n1Cc1ccccn1. The van der Waals surface area contributed by atoms with E-state index in [-0.39, 0.29) is 12.1 Å². The molecule has 0 unspecified atom stereocenters. The van der Waals surface area contributed by atoms with Crippen LogP contribution in [0.25, 0.3) is 11.4 Å². The molecule has 0 fully saturated rings. The van der Waals surface area contributed by atoms with Gasteiger partial charge in [0.15, 0.2) is 5.82 Å². The van der Waals surface area contributed by atoms with Crippen LogP contribution in [-0.2, 0) is 13.1 Å². The van der Waals surface area contributed by atoms with Crippen LogP contribution in [0.1, 0.15) is 11.3 Å². The maximum absolute atomic E-state index is 12.8. The van der Waals surface area contributed by atoms with Crippen molar-refractivity contribution in [3.8, 4) is 11.4 Å². The molecule has 2 aliphatic heterocycles. The lowest BCUT2D eigenvalue weighted by molar-refractivity contribution is 0.668. The lowest BCUT2D eigenvalue weighted by atomic mass is 10.2. The zero-order valence-corrected chi connectivity index (χ0v) is 13.9. The van der Waals surface area contributed by atoms with Crippen molar-refractivity contribution in [1.82, 2.24) is 19.1 Å². The molecule has 26 heavy (non-hydrogen) atoms. The molecule has 0 N–H and O–H groups in total. The van der Waals surface area contributed by atoms with Crippen LogP contribution in [0.2, 0.25) is 0 Å². The summed E-state index contributed by atoms with van der Waals surface area (Å²) in [5.74, 6) is 0.392. The van der Waals surface area contributed by atoms with E-state index in [1.165, 1.54) is 0 Å². The summed E-state index contributed by atoms with van der Waals surface area (Å²) < 4.78 is 2.94. The van der Waals surface area contributed by atoms with Gasteiger partial charge >= 0.3 is 5.69 Å². The molecule has 4 rings (SSSR count). The van der Waals surface area contributed by atoms with E-state index in [0.717, 1.165) is 10.1 Å². The first-order valence-electron chi connectivity index (χ1n) is 8.26. The van der Waals surface area contributed by atoms with Gasteiger partial charge in [-0.2, -0.15) is 4.98 Å². The molecule has 0 amide bonds. The van der Waals surface area contributed by atoms with Crippen LogP contribution in [0.3, 0.4) is 0 Å². The molecule has 6 nitrogen and oxygen atoms in total. The normalized spacial score (nSPS) is 10.9. The maximum atomic E-state index is 12.8. The highest BCUT2D eigenvalue weighted by atomic mass is 16.2. The van der Waals surface area contributed by atoms with Crippen molar-refractivity contribution in [1.29, 1.82) is 0 Å². The monoisotopic (exact) mass is 344 g/mol. The summed E-state index contributed by atoms with van der Waals surface area (Å²) in [6.45, 7) is 0.642. The second kappa shape index (κ2) is 6.76. The average Bonchev–Trinajstić information content (AvgIpc) is 2.67. The summed E-state index contributed by atoms with van der Waals surface area (Å²) in [4.78, 5) is 33.7. The fraction of sp³-hybridized carbons (Fsp3) is 0.100. The minimum Gasteiger partial charge on any atom is -0.328 e. The molecule has 1 aromatic heterocycles. The molecule has 0 saturated carbocycles. The smallest absolute Gasteiger partial charge is 0.328 e. The number of nitrogens with zero attached hydrogens (tertiary/aromatic N) is 4. The third-order valence-corrected chi connectivity index (χ3v) is 4.19. The van der Waals surface area contributed by atoms with Gasteiger partial charge in [0.2, 0.25) is 0 Å². The van der Waals surface area contributed by atoms with Gasteiger partial charge in [-0.3, -0.25) is 14.3 Å². The zero-order chi connectivity index (χ0) is 17.9. The Morgan fingerprint density at radius 1 is 0.846 bits per heavy atom. The Morgan fingerprint density at radius 3 is 2.42 bits per heavy atom. The van der Waals surface area contributed by atoms with Gasteiger partial charge in [-0.05, 0) is 29.8 Å². The zero-order valence-electron chi connectivity index (χ0n) is 13.9. The van der Waals surface area contributed by atoms with E-state index in [0.29, 0.717) is 23.6 Å². The maximum Gasteiger partial charge on any atom is 0.352 e.